The summed E-state index contributed by atoms with van der Waals surface area (Å²) < 4.78 is 0. The minimum atomic E-state index is -0.965. The van der Waals surface area contributed by atoms with Crippen molar-refractivity contribution in [1.29, 1.82) is 0 Å². The lowest BCUT2D eigenvalue weighted by atomic mass is 10.0. The topological polar surface area (TPSA) is 66.4 Å². The van der Waals surface area contributed by atoms with Crippen molar-refractivity contribution in [2.45, 2.75) is 0 Å². The van der Waals surface area contributed by atoms with E-state index in [0.717, 1.165) is 16.8 Å². The summed E-state index contributed by atoms with van der Waals surface area (Å²) in [7, 11) is 0. The number of carbonyl (C=O) groups is 2. The number of hydrogen-bond acceptors (Lipinski definition) is 2. The molecule has 0 unspecified atom stereocenters. The van der Waals surface area contributed by atoms with Crippen LogP contribution >= 0.6 is 0 Å². The Kier molecular flexibility index (Phi) is 2.84. The lowest BCUT2D eigenvalue weighted by molar-refractivity contribution is -0.110. The van der Waals surface area contributed by atoms with Crippen LogP contribution in [0.4, 0.5) is 5.69 Å². The van der Waals surface area contributed by atoms with Gasteiger partial charge in [0.15, 0.2) is 0 Å². The Bertz CT molecular complexity index is 730. The van der Waals surface area contributed by atoms with E-state index in [-0.39, 0.29) is 11.5 Å². The van der Waals surface area contributed by atoms with E-state index in [1.54, 1.807) is 18.2 Å². The lowest BCUT2D eigenvalue weighted by Crippen LogP contribution is -2.03. The summed E-state index contributed by atoms with van der Waals surface area (Å²) in [6, 6.07) is 13.9. The van der Waals surface area contributed by atoms with E-state index in [2.05, 4.69) is 5.32 Å². The van der Waals surface area contributed by atoms with Crippen LogP contribution in [-0.4, -0.2) is 17.0 Å². The van der Waals surface area contributed by atoms with Gasteiger partial charge in [-0.2, -0.15) is 0 Å². The highest BCUT2D eigenvalue weighted by atomic mass is 16.4. The van der Waals surface area contributed by atoms with Crippen LogP contribution in [0.5, 0.6) is 0 Å². The quantitative estimate of drug-likeness (QED) is 0.820. The molecule has 2 aromatic carbocycles. The number of carbonyl (C=O) groups excluding carboxylic acids is 1. The summed E-state index contributed by atoms with van der Waals surface area (Å²) in [5.74, 6) is -1.11. The summed E-state index contributed by atoms with van der Waals surface area (Å²) >= 11 is 0. The van der Waals surface area contributed by atoms with E-state index >= 15 is 0 Å². The molecule has 1 amide bonds. The third kappa shape index (κ3) is 2.07. The maximum absolute atomic E-state index is 11.9. The molecule has 0 saturated heterocycles. The van der Waals surface area contributed by atoms with E-state index < -0.39 is 5.97 Å². The Labute approximate surface area is 115 Å². The van der Waals surface area contributed by atoms with Gasteiger partial charge < -0.3 is 10.4 Å². The van der Waals surface area contributed by atoms with Crippen molar-refractivity contribution in [2.24, 2.45) is 0 Å². The molecule has 2 aromatic rings. The van der Waals surface area contributed by atoms with E-state index in [9.17, 15) is 9.59 Å². The first-order valence-electron chi connectivity index (χ1n) is 6.11. The Morgan fingerprint density at radius 3 is 2.45 bits per heavy atom. The molecule has 0 aromatic heterocycles. The lowest BCUT2D eigenvalue weighted by Gasteiger charge is -1.99. The monoisotopic (exact) mass is 265 g/mol. The number of aromatic carboxylic acids is 1. The number of nitrogens with one attached hydrogen (secondary N) is 1. The van der Waals surface area contributed by atoms with E-state index in [0.29, 0.717) is 5.57 Å². The van der Waals surface area contributed by atoms with E-state index in [1.807, 2.05) is 24.3 Å². The van der Waals surface area contributed by atoms with E-state index in [4.69, 9.17) is 5.11 Å². The Morgan fingerprint density at radius 1 is 1.05 bits per heavy atom. The van der Waals surface area contributed by atoms with Gasteiger partial charge in [0.1, 0.15) is 0 Å². The Balaban J connectivity index is 2.00. The van der Waals surface area contributed by atoms with Crippen LogP contribution in [0.15, 0.2) is 48.5 Å². The molecule has 1 aliphatic heterocycles. The van der Waals surface area contributed by atoms with Crippen LogP contribution < -0.4 is 5.32 Å². The van der Waals surface area contributed by atoms with Crippen molar-refractivity contribution in [3.8, 4) is 0 Å². The van der Waals surface area contributed by atoms with Gasteiger partial charge in [-0.25, -0.2) is 4.79 Å². The fourth-order valence-electron chi connectivity index (χ4n) is 2.17. The smallest absolute Gasteiger partial charge is 0.335 e. The molecule has 3 rings (SSSR count). The van der Waals surface area contributed by atoms with Gasteiger partial charge in [0, 0.05) is 16.8 Å². The van der Waals surface area contributed by atoms with Crippen molar-refractivity contribution < 1.29 is 14.7 Å². The van der Waals surface area contributed by atoms with Crippen LogP contribution in [-0.2, 0) is 4.79 Å². The summed E-state index contributed by atoms with van der Waals surface area (Å²) in [5.41, 5.74) is 3.26. The molecule has 0 fully saturated rings. The number of fused-ring (bicyclic) bond motifs is 1. The molecule has 0 saturated carbocycles. The minimum Gasteiger partial charge on any atom is -0.478 e. The molecule has 2 N–H and O–H groups in total. The van der Waals surface area contributed by atoms with Crippen molar-refractivity contribution >= 4 is 29.2 Å². The zero-order valence-electron chi connectivity index (χ0n) is 10.5. The first kappa shape index (κ1) is 12.2. The molecule has 98 valence electrons. The second-order valence-electron chi connectivity index (χ2n) is 4.48. The zero-order valence-corrected chi connectivity index (χ0v) is 10.5. The first-order chi connectivity index (χ1) is 9.65. The zero-order chi connectivity index (χ0) is 14.1. The number of benzene rings is 2. The van der Waals surface area contributed by atoms with Gasteiger partial charge in [-0.3, -0.25) is 4.79 Å². The summed E-state index contributed by atoms with van der Waals surface area (Å²) in [6.45, 7) is 0. The minimum absolute atomic E-state index is 0.145. The highest BCUT2D eigenvalue weighted by Gasteiger charge is 2.23. The molecule has 1 aliphatic rings. The summed E-state index contributed by atoms with van der Waals surface area (Å²) in [4.78, 5) is 22.7. The molecule has 0 spiro atoms. The molecule has 0 aliphatic carbocycles. The third-order valence-electron chi connectivity index (χ3n) is 3.18. The fraction of sp³-hybridized carbons (Fsp3) is 0. The molecular formula is C16H11NO3. The van der Waals surface area contributed by atoms with E-state index in [1.165, 1.54) is 12.1 Å². The Hall–Kier alpha value is -2.88. The summed E-state index contributed by atoms with van der Waals surface area (Å²) in [5, 5.41) is 11.6. The summed E-state index contributed by atoms with van der Waals surface area (Å²) in [6.07, 6.45) is 1.76. The number of amides is 1. The van der Waals surface area contributed by atoms with Gasteiger partial charge in [-0.15, -0.1) is 0 Å². The highest BCUT2D eigenvalue weighted by molar-refractivity contribution is 6.34. The second kappa shape index (κ2) is 4.66. The predicted molar refractivity (Wildman–Crippen MR) is 76.3 cm³/mol. The van der Waals surface area contributed by atoms with Gasteiger partial charge in [-0.1, -0.05) is 30.3 Å². The van der Waals surface area contributed by atoms with Gasteiger partial charge in [0.05, 0.1) is 5.56 Å². The van der Waals surface area contributed by atoms with Gasteiger partial charge >= 0.3 is 5.97 Å². The predicted octanol–water partition coefficient (Wildman–Crippen LogP) is 2.88. The van der Waals surface area contributed by atoms with Crippen molar-refractivity contribution in [3.63, 3.8) is 0 Å². The number of carboxylic acids is 1. The largest absolute Gasteiger partial charge is 0.478 e. The number of hydrogen-bond donors (Lipinski definition) is 2. The van der Waals surface area contributed by atoms with Crippen molar-refractivity contribution in [1.82, 2.24) is 0 Å². The number of rotatable bonds is 2. The van der Waals surface area contributed by atoms with Crippen LogP contribution in [0.2, 0.25) is 0 Å². The molecule has 0 atom stereocenters. The SMILES string of the molecule is O=C1Nc2ccccc2/C1=C\c1ccc(C(=O)O)cc1. The van der Waals surface area contributed by atoms with Crippen molar-refractivity contribution in [3.05, 3.63) is 65.2 Å². The second-order valence-corrected chi connectivity index (χ2v) is 4.48. The molecule has 0 radical (unpaired) electrons. The molecule has 0 bridgehead atoms. The number of para-hydroxylation sites is 1. The molecule has 4 heteroatoms. The average molecular weight is 265 g/mol. The van der Waals surface area contributed by atoms with Crippen LogP contribution in [0.25, 0.3) is 11.6 Å². The number of carboxylic acid groups (broad SMARTS) is 1. The highest BCUT2D eigenvalue weighted by Crippen LogP contribution is 2.32. The van der Waals surface area contributed by atoms with Crippen LogP contribution in [0.3, 0.4) is 0 Å². The molecule has 20 heavy (non-hydrogen) atoms. The van der Waals surface area contributed by atoms with Crippen LogP contribution in [0, 0.1) is 0 Å². The molecular weight excluding hydrogens is 254 g/mol. The molecule has 4 nitrogen and oxygen atoms in total. The first-order valence-corrected chi connectivity index (χ1v) is 6.11. The normalized spacial score (nSPS) is 15.0. The van der Waals surface area contributed by atoms with Gasteiger partial charge in [0.25, 0.3) is 5.91 Å². The van der Waals surface area contributed by atoms with Crippen LogP contribution in [0.1, 0.15) is 21.5 Å². The maximum Gasteiger partial charge on any atom is 0.335 e. The fourth-order valence-corrected chi connectivity index (χ4v) is 2.17. The van der Waals surface area contributed by atoms with Gasteiger partial charge in [-0.05, 0) is 29.8 Å². The molecule has 1 heterocycles. The standard InChI is InChI=1S/C16H11NO3/c18-15-13(12-3-1-2-4-14(12)17-15)9-10-5-7-11(8-6-10)16(19)20/h1-9H,(H,17,18)(H,19,20)/b13-9+. The number of anilines is 1. The third-order valence-corrected chi connectivity index (χ3v) is 3.18. The van der Waals surface area contributed by atoms with Crippen molar-refractivity contribution in [2.75, 3.05) is 5.32 Å². The average Bonchev–Trinajstić information content (AvgIpc) is 2.76. The van der Waals surface area contributed by atoms with Gasteiger partial charge in [0.2, 0.25) is 0 Å². The maximum atomic E-state index is 11.9. The Morgan fingerprint density at radius 2 is 1.75 bits per heavy atom.